The highest BCUT2D eigenvalue weighted by molar-refractivity contribution is 7.89. The van der Waals surface area contributed by atoms with Crippen molar-refractivity contribution >= 4 is 26.8 Å². The van der Waals surface area contributed by atoms with Crippen molar-refractivity contribution in [1.82, 2.24) is 4.98 Å². The summed E-state index contributed by atoms with van der Waals surface area (Å²) >= 11 is 0. The minimum atomic E-state index is -3.81. The Morgan fingerprint density at radius 3 is 2.56 bits per heavy atom. The fraction of sp³-hybridized carbons (Fsp3) is 0.278. The molecule has 0 radical (unpaired) electrons. The molecule has 2 bridgehead atoms. The zero-order valence-corrected chi connectivity index (χ0v) is 14.9. The number of hydrogen-bond donors (Lipinski definition) is 1. The average Bonchev–Trinajstić information content (AvgIpc) is 3.35. The van der Waals surface area contributed by atoms with Crippen LogP contribution in [0.1, 0.15) is 42.2 Å². The monoisotopic (exact) mass is 385 g/mol. The number of sulfonamides is 1. The first-order valence-electron chi connectivity index (χ1n) is 8.58. The van der Waals surface area contributed by atoms with Crippen LogP contribution in [-0.4, -0.2) is 18.3 Å². The molecule has 27 heavy (non-hydrogen) atoms. The lowest BCUT2D eigenvalue weighted by Gasteiger charge is -2.20. The quantitative estimate of drug-likeness (QED) is 0.543. The maximum absolute atomic E-state index is 11.8. The van der Waals surface area contributed by atoms with Crippen molar-refractivity contribution in [2.45, 2.75) is 36.0 Å². The lowest BCUT2D eigenvalue weighted by atomic mass is 9.87. The molecule has 1 fully saturated rings. The normalized spacial score (nSPS) is 20.9. The molecule has 2 atom stereocenters. The molecule has 2 aliphatic rings. The minimum Gasteiger partial charge on any atom is -0.399 e. The third kappa shape index (κ3) is 2.38. The van der Waals surface area contributed by atoms with Crippen LogP contribution in [0.25, 0.3) is 22.4 Å². The Morgan fingerprint density at radius 1 is 1.15 bits per heavy atom. The number of nitrogens with two attached hydrogens (primary N) is 1. The van der Waals surface area contributed by atoms with E-state index in [0.29, 0.717) is 28.8 Å². The third-order valence-electron chi connectivity index (χ3n) is 5.62. The summed E-state index contributed by atoms with van der Waals surface area (Å²) in [7, 11) is -3.81. The molecular formula is C18H15N3O5S. The van der Waals surface area contributed by atoms with E-state index >= 15 is 0 Å². The van der Waals surface area contributed by atoms with E-state index in [0.717, 1.165) is 35.8 Å². The zero-order chi connectivity index (χ0) is 18.9. The topological polar surface area (TPSA) is 129 Å². The number of nitrogens with zero attached hydrogens (tertiary/aromatic N) is 2. The van der Waals surface area contributed by atoms with Gasteiger partial charge in [-0.2, -0.15) is 0 Å². The highest BCUT2D eigenvalue weighted by Gasteiger charge is 2.41. The van der Waals surface area contributed by atoms with Crippen LogP contribution in [0, 0.1) is 10.1 Å². The predicted molar refractivity (Wildman–Crippen MR) is 96.8 cm³/mol. The molecule has 2 aliphatic carbocycles. The first-order valence-corrected chi connectivity index (χ1v) is 10.1. The number of primary sulfonamides is 1. The van der Waals surface area contributed by atoms with Gasteiger partial charge in [0.05, 0.1) is 16.5 Å². The van der Waals surface area contributed by atoms with E-state index in [2.05, 4.69) is 4.98 Å². The number of pyridine rings is 1. The van der Waals surface area contributed by atoms with Gasteiger partial charge in [-0.25, -0.2) is 18.5 Å². The maximum Gasteiger partial charge on any atom is 0.433 e. The number of furan rings is 1. The number of aromatic nitrogens is 1. The van der Waals surface area contributed by atoms with Crippen molar-refractivity contribution in [3.05, 3.63) is 51.6 Å². The molecule has 2 N–H and O–H groups in total. The largest absolute Gasteiger partial charge is 0.433 e. The van der Waals surface area contributed by atoms with E-state index in [1.54, 1.807) is 18.2 Å². The molecular weight excluding hydrogens is 370 g/mol. The highest BCUT2D eigenvalue weighted by Crippen LogP contribution is 2.57. The van der Waals surface area contributed by atoms with Crippen LogP contribution in [0.2, 0.25) is 0 Å². The van der Waals surface area contributed by atoms with Crippen molar-refractivity contribution < 1.29 is 17.8 Å². The summed E-state index contributed by atoms with van der Waals surface area (Å²) in [6, 6.07) is 7.54. The smallest absolute Gasteiger partial charge is 0.399 e. The van der Waals surface area contributed by atoms with E-state index in [1.807, 2.05) is 0 Å². The van der Waals surface area contributed by atoms with E-state index in [4.69, 9.17) is 9.56 Å². The summed E-state index contributed by atoms with van der Waals surface area (Å²) < 4.78 is 29.0. The lowest BCUT2D eigenvalue weighted by molar-refractivity contribution is -0.401. The molecule has 9 heteroatoms. The highest BCUT2D eigenvalue weighted by atomic mass is 32.2. The van der Waals surface area contributed by atoms with Gasteiger partial charge in [0.15, 0.2) is 5.76 Å². The molecule has 8 nitrogen and oxygen atoms in total. The van der Waals surface area contributed by atoms with Crippen molar-refractivity contribution in [2.24, 2.45) is 5.14 Å². The Balaban J connectivity index is 1.81. The second-order valence-corrected chi connectivity index (χ2v) is 8.68. The molecule has 2 heterocycles. The van der Waals surface area contributed by atoms with E-state index in [1.165, 1.54) is 12.1 Å². The van der Waals surface area contributed by atoms with E-state index in [-0.39, 0.29) is 10.8 Å². The summed E-state index contributed by atoms with van der Waals surface area (Å²) in [4.78, 5) is 15.1. The van der Waals surface area contributed by atoms with Crippen LogP contribution in [0.5, 0.6) is 0 Å². The van der Waals surface area contributed by atoms with Crippen molar-refractivity contribution in [3.63, 3.8) is 0 Å². The summed E-state index contributed by atoms with van der Waals surface area (Å²) in [5.74, 6) is 0.672. The lowest BCUT2D eigenvalue weighted by Crippen LogP contribution is -2.12. The fourth-order valence-corrected chi connectivity index (χ4v) is 5.10. The molecule has 1 saturated carbocycles. The Bertz CT molecular complexity index is 1230. The Morgan fingerprint density at radius 2 is 1.89 bits per heavy atom. The molecule has 0 aliphatic heterocycles. The molecule has 138 valence electrons. The van der Waals surface area contributed by atoms with Gasteiger partial charge in [0.25, 0.3) is 0 Å². The van der Waals surface area contributed by atoms with Crippen molar-refractivity contribution in [1.29, 1.82) is 0 Å². The third-order valence-corrected chi connectivity index (χ3v) is 6.53. The Kier molecular flexibility index (Phi) is 3.26. The van der Waals surface area contributed by atoms with Crippen molar-refractivity contribution in [2.75, 3.05) is 0 Å². The number of rotatable bonds is 3. The van der Waals surface area contributed by atoms with Crippen LogP contribution < -0.4 is 5.14 Å². The molecule has 0 spiro atoms. The van der Waals surface area contributed by atoms with Crippen LogP contribution in [0.4, 0.5) is 5.88 Å². The van der Waals surface area contributed by atoms with Crippen LogP contribution >= 0.6 is 0 Å². The van der Waals surface area contributed by atoms with Gasteiger partial charge in [-0.15, -0.1) is 0 Å². The van der Waals surface area contributed by atoms with Crippen molar-refractivity contribution in [3.8, 4) is 11.5 Å². The van der Waals surface area contributed by atoms with Gasteiger partial charge in [0.2, 0.25) is 10.0 Å². The second kappa shape index (κ2) is 5.37. The van der Waals surface area contributed by atoms with Crippen LogP contribution in [0.3, 0.4) is 0 Å². The molecule has 0 saturated heterocycles. The van der Waals surface area contributed by atoms with E-state index in [9.17, 15) is 18.5 Å². The first-order chi connectivity index (χ1) is 12.8. The SMILES string of the molecule is NS(=O)(=O)c1ccc2nc(-c3ccc([N+](=O)[O-])o3)c3c(c2c1)C1CCC3C1. The van der Waals surface area contributed by atoms with E-state index < -0.39 is 14.9 Å². The van der Waals surface area contributed by atoms with Gasteiger partial charge in [0, 0.05) is 5.39 Å². The van der Waals surface area contributed by atoms with Gasteiger partial charge in [-0.05, 0) is 66.5 Å². The van der Waals surface area contributed by atoms with Gasteiger partial charge >= 0.3 is 5.88 Å². The van der Waals surface area contributed by atoms with Gasteiger partial charge in [0.1, 0.15) is 10.6 Å². The van der Waals surface area contributed by atoms with Crippen LogP contribution in [-0.2, 0) is 10.0 Å². The fourth-order valence-electron chi connectivity index (χ4n) is 4.56. The Labute approximate surface area is 154 Å². The standard InChI is InChI=1S/C18H15N3O5S/c19-27(24,25)11-3-4-13-12(8-11)16-9-1-2-10(7-9)17(16)18(20-13)14-5-6-15(26-14)21(22)23/h3-6,8-10H,1-2,7H2,(H2,19,24,25). The zero-order valence-electron chi connectivity index (χ0n) is 14.1. The number of fused-ring (bicyclic) bond motifs is 7. The second-order valence-electron chi connectivity index (χ2n) is 7.11. The number of hydrogen-bond acceptors (Lipinski definition) is 6. The average molecular weight is 385 g/mol. The molecule has 0 amide bonds. The van der Waals surface area contributed by atoms with Gasteiger partial charge < -0.3 is 4.42 Å². The molecule has 2 unspecified atom stereocenters. The van der Waals surface area contributed by atoms with Gasteiger partial charge in [-0.1, -0.05) is 0 Å². The van der Waals surface area contributed by atoms with Crippen LogP contribution in [0.15, 0.2) is 39.6 Å². The molecule has 5 rings (SSSR count). The number of nitro groups is 1. The number of benzene rings is 1. The summed E-state index contributed by atoms with van der Waals surface area (Å²) in [6.07, 6.45) is 3.04. The molecule has 2 aromatic heterocycles. The maximum atomic E-state index is 11.8. The molecule has 1 aromatic carbocycles. The Hall–Kier alpha value is -2.78. The summed E-state index contributed by atoms with van der Waals surface area (Å²) in [6.45, 7) is 0. The summed E-state index contributed by atoms with van der Waals surface area (Å²) in [5, 5.41) is 17.1. The first kappa shape index (κ1) is 16.4. The predicted octanol–water partition coefficient (Wildman–Crippen LogP) is 3.42. The minimum absolute atomic E-state index is 0.0585. The molecule has 3 aromatic rings. The van der Waals surface area contributed by atoms with Gasteiger partial charge in [-0.3, -0.25) is 10.1 Å². The summed E-state index contributed by atoms with van der Waals surface area (Å²) in [5.41, 5.74) is 3.34.